The molecule has 1 aromatic carbocycles. The van der Waals surface area contributed by atoms with E-state index >= 15 is 0 Å². The molecule has 0 aliphatic carbocycles. The van der Waals surface area contributed by atoms with E-state index in [2.05, 4.69) is 42.0 Å². The summed E-state index contributed by atoms with van der Waals surface area (Å²) in [7, 11) is 0. The van der Waals surface area contributed by atoms with Crippen LogP contribution in [0, 0.1) is 0 Å². The normalized spacial score (nSPS) is 10.3. The molecule has 0 aliphatic heterocycles. The van der Waals surface area contributed by atoms with E-state index in [0.717, 1.165) is 21.3 Å². The molecule has 2 rings (SSSR count). The number of amides is 3. The molecule has 22 heavy (non-hydrogen) atoms. The Morgan fingerprint density at radius 2 is 2.00 bits per heavy atom. The van der Waals surface area contributed by atoms with Gasteiger partial charge in [0.15, 0.2) is 0 Å². The Bertz CT molecular complexity index is 655. The summed E-state index contributed by atoms with van der Waals surface area (Å²) in [6.07, 6.45) is 0.794. The van der Waals surface area contributed by atoms with Gasteiger partial charge in [-0.2, -0.15) is 4.80 Å². The third kappa shape index (κ3) is 4.62. The van der Waals surface area contributed by atoms with Gasteiger partial charge in [-0.05, 0) is 35.9 Å². The minimum atomic E-state index is -0.528. The van der Waals surface area contributed by atoms with Gasteiger partial charge in [0, 0.05) is 16.6 Å². The molecule has 9 heteroatoms. The first-order valence-electron chi connectivity index (χ1n) is 6.70. The van der Waals surface area contributed by atoms with Crippen molar-refractivity contribution in [3.8, 4) is 11.4 Å². The highest BCUT2D eigenvalue weighted by atomic mass is 79.9. The summed E-state index contributed by atoms with van der Waals surface area (Å²) in [5, 5.41) is 16.5. The van der Waals surface area contributed by atoms with Crippen molar-refractivity contribution >= 4 is 27.9 Å². The van der Waals surface area contributed by atoms with Gasteiger partial charge in [-0.1, -0.05) is 22.9 Å². The van der Waals surface area contributed by atoms with Crippen LogP contribution in [-0.2, 0) is 11.3 Å². The maximum atomic E-state index is 11.7. The second-order valence-corrected chi connectivity index (χ2v) is 5.37. The number of urea groups is 1. The van der Waals surface area contributed by atoms with Crippen molar-refractivity contribution in [3.63, 3.8) is 0 Å². The smallest absolute Gasteiger partial charge is 0.321 e. The standard InChI is InChI=1S/C13H15BrN6O2/c1-2-7-15-13(22)16-11(21)8-20-18-12(17-19-20)9-3-5-10(14)6-4-9/h3-6H,2,7-8H2,1H3,(H2,15,16,21,22). The van der Waals surface area contributed by atoms with E-state index in [4.69, 9.17) is 0 Å². The molecular weight excluding hydrogens is 352 g/mol. The number of carbonyl (C=O) groups is 2. The van der Waals surface area contributed by atoms with Crippen LogP contribution in [0.1, 0.15) is 13.3 Å². The van der Waals surface area contributed by atoms with Crippen LogP contribution in [-0.4, -0.2) is 38.7 Å². The van der Waals surface area contributed by atoms with Crippen molar-refractivity contribution in [3.05, 3.63) is 28.7 Å². The number of halogens is 1. The molecule has 1 heterocycles. The van der Waals surface area contributed by atoms with Gasteiger partial charge in [-0.25, -0.2) is 4.79 Å². The zero-order chi connectivity index (χ0) is 15.9. The molecule has 0 radical (unpaired) electrons. The maximum Gasteiger partial charge on any atom is 0.321 e. The number of imide groups is 1. The Morgan fingerprint density at radius 1 is 1.27 bits per heavy atom. The summed E-state index contributed by atoms with van der Waals surface area (Å²) in [5.74, 6) is -0.0934. The van der Waals surface area contributed by atoms with Crippen molar-refractivity contribution in [2.24, 2.45) is 0 Å². The lowest BCUT2D eigenvalue weighted by molar-refractivity contribution is -0.121. The number of carbonyl (C=O) groups excluding carboxylic acids is 2. The van der Waals surface area contributed by atoms with Crippen molar-refractivity contribution in [1.82, 2.24) is 30.8 Å². The average Bonchev–Trinajstić information content (AvgIpc) is 2.94. The first-order chi connectivity index (χ1) is 10.6. The Labute approximate surface area is 135 Å². The van der Waals surface area contributed by atoms with E-state index in [1.165, 1.54) is 0 Å². The maximum absolute atomic E-state index is 11.7. The third-order valence-electron chi connectivity index (χ3n) is 2.63. The molecule has 0 bridgehead atoms. The number of aromatic nitrogens is 4. The first-order valence-corrected chi connectivity index (χ1v) is 7.49. The molecule has 2 aromatic rings. The van der Waals surface area contributed by atoms with Crippen LogP contribution >= 0.6 is 15.9 Å². The molecule has 0 atom stereocenters. The molecule has 0 saturated heterocycles. The Balaban J connectivity index is 1.93. The van der Waals surface area contributed by atoms with E-state index in [-0.39, 0.29) is 6.54 Å². The molecule has 0 aliphatic rings. The third-order valence-corrected chi connectivity index (χ3v) is 3.16. The lowest BCUT2D eigenvalue weighted by Gasteiger charge is -2.04. The molecule has 116 valence electrons. The van der Waals surface area contributed by atoms with E-state index in [9.17, 15) is 9.59 Å². The van der Waals surface area contributed by atoms with Crippen LogP contribution in [0.4, 0.5) is 4.79 Å². The van der Waals surface area contributed by atoms with E-state index in [1.807, 2.05) is 31.2 Å². The minimum Gasteiger partial charge on any atom is -0.338 e. The van der Waals surface area contributed by atoms with Crippen LogP contribution in [0.5, 0.6) is 0 Å². The average molecular weight is 367 g/mol. The van der Waals surface area contributed by atoms with Gasteiger partial charge >= 0.3 is 6.03 Å². The van der Waals surface area contributed by atoms with Crippen molar-refractivity contribution < 1.29 is 9.59 Å². The second kappa shape index (κ2) is 7.64. The van der Waals surface area contributed by atoms with Crippen LogP contribution in [0.3, 0.4) is 0 Å². The fraction of sp³-hybridized carbons (Fsp3) is 0.308. The quantitative estimate of drug-likeness (QED) is 0.831. The number of rotatable bonds is 5. The molecule has 2 N–H and O–H groups in total. The zero-order valence-corrected chi connectivity index (χ0v) is 13.5. The van der Waals surface area contributed by atoms with Crippen molar-refractivity contribution in [2.45, 2.75) is 19.9 Å². The molecule has 0 saturated carbocycles. The van der Waals surface area contributed by atoms with Crippen LogP contribution in [0.2, 0.25) is 0 Å². The number of hydrogen-bond donors (Lipinski definition) is 2. The minimum absolute atomic E-state index is 0.178. The van der Waals surface area contributed by atoms with Crippen molar-refractivity contribution in [2.75, 3.05) is 6.54 Å². The first kappa shape index (κ1) is 16.1. The lowest BCUT2D eigenvalue weighted by atomic mass is 10.2. The Morgan fingerprint density at radius 3 is 2.68 bits per heavy atom. The largest absolute Gasteiger partial charge is 0.338 e. The van der Waals surface area contributed by atoms with Crippen molar-refractivity contribution in [1.29, 1.82) is 0 Å². The molecule has 8 nitrogen and oxygen atoms in total. The fourth-order valence-electron chi connectivity index (χ4n) is 1.60. The van der Waals surface area contributed by atoms with Gasteiger partial charge in [0.05, 0.1) is 0 Å². The van der Waals surface area contributed by atoms with Crippen LogP contribution in [0.25, 0.3) is 11.4 Å². The molecular formula is C13H15BrN6O2. The number of benzene rings is 1. The van der Waals surface area contributed by atoms with Gasteiger partial charge in [0.25, 0.3) is 5.91 Å². The van der Waals surface area contributed by atoms with E-state index in [1.54, 1.807) is 0 Å². The summed E-state index contributed by atoms with van der Waals surface area (Å²) >= 11 is 3.34. The monoisotopic (exact) mass is 366 g/mol. The number of tetrazole rings is 1. The summed E-state index contributed by atoms with van der Waals surface area (Å²) in [6.45, 7) is 2.25. The molecule has 1 aromatic heterocycles. The highest BCUT2D eigenvalue weighted by Gasteiger charge is 2.11. The highest BCUT2D eigenvalue weighted by molar-refractivity contribution is 9.10. The molecule has 0 unspecified atom stereocenters. The van der Waals surface area contributed by atoms with Gasteiger partial charge in [0.2, 0.25) is 5.82 Å². The van der Waals surface area contributed by atoms with E-state index < -0.39 is 11.9 Å². The Kier molecular flexibility index (Phi) is 5.59. The van der Waals surface area contributed by atoms with Crippen LogP contribution in [0.15, 0.2) is 28.7 Å². The van der Waals surface area contributed by atoms with Gasteiger partial charge in [-0.15, -0.1) is 10.2 Å². The summed E-state index contributed by atoms with van der Waals surface area (Å²) < 4.78 is 0.945. The molecule has 0 spiro atoms. The number of nitrogens with zero attached hydrogens (tertiary/aromatic N) is 4. The van der Waals surface area contributed by atoms with Gasteiger partial charge in [0.1, 0.15) is 6.54 Å². The number of nitrogens with one attached hydrogen (secondary N) is 2. The predicted molar refractivity (Wildman–Crippen MR) is 82.8 cm³/mol. The fourth-order valence-corrected chi connectivity index (χ4v) is 1.87. The number of hydrogen-bond acceptors (Lipinski definition) is 5. The van der Waals surface area contributed by atoms with Crippen LogP contribution < -0.4 is 10.6 Å². The summed E-state index contributed by atoms with van der Waals surface area (Å²) in [4.78, 5) is 24.2. The Hall–Kier alpha value is -2.29. The SMILES string of the molecule is CCCNC(=O)NC(=O)Cn1nnc(-c2ccc(Br)cc2)n1. The van der Waals surface area contributed by atoms with E-state index in [0.29, 0.717) is 12.4 Å². The highest BCUT2D eigenvalue weighted by Crippen LogP contribution is 2.17. The van der Waals surface area contributed by atoms with Gasteiger partial charge < -0.3 is 5.32 Å². The topological polar surface area (TPSA) is 102 Å². The lowest BCUT2D eigenvalue weighted by Crippen LogP contribution is -2.41. The van der Waals surface area contributed by atoms with Gasteiger partial charge in [-0.3, -0.25) is 10.1 Å². The molecule has 0 fully saturated rings. The predicted octanol–water partition coefficient (Wildman–Crippen LogP) is 1.34. The summed E-state index contributed by atoms with van der Waals surface area (Å²) in [5.41, 5.74) is 0.788. The molecule has 3 amide bonds. The summed E-state index contributed by atoms with van der Waals surface area (Å²) in [6, 6.07) is 6.87. The zero-order valence-electron chi connectivity index (χ0n) is 11.9. The second-order valence-electron chi connectivity index (χ2n) is 4.45.